The first kappa shape index (κ1) is 15.8. The van der Waals surface area contributed by atoms with Crippen molar-refractivity contribution in [2.24, 2.45) is 10.1 Å². The number of thioether (sulfide) groups is 1. The van der Waals surface area contributed by atoms with E-state index in [1.165, 1.54) is 4.90 Å². The van der Waals surface area contributed by atoms with Crippen molar-refractivity contribution in [2.75, 3.05) is 13.3 Å². The zero-order valence-corrected chi connectivity index (χ0v) is 14.6. The number of rotatable bonds is 4. The van der Waals surface area contributed by atoms with Crippen molar-refractivity contribution in [1.29, 1.82) is 0 Å². The van der Waals surface area contributed by atoms with Gasteiger partial charge in [0.2, 0.25) is 4.80 Å². The first-order valence-electron chi connectivity index (χ1n) is 7.19. The van der Waals surface area contributed by atoms with Gasteiger partial charge in [0.15, 0.2) is 0 Å². The van der Waals surface area contributed by atoms with Gasteiger partial charge in [-0.2, -0.15) is 5.10 Å². The number of nitrogens with zero attached hydrogens (tertiary/aromatic N) is 3. The molecule has 1 aromatic heterocycles. The zero-order chi connectivity index (χ0) is 16.1. The molecule has 0 N–H and O–H groups in total. The Labute approximate surface area is 144 Å². The van der Waals surface area contributed by atoms with Gasteiger partial charge in [-0.25, -0.2) is 4.68 Å². The van der Waals surface area contributed by atoms with Gasteiger partial charge in [-0.15, -0.1) is 23.1 Å². The van der Waals surface area contributed by atoms with Crippen LogP contribution in [0.1, 0.15) is 5.56 Å². The Morgan fingerprint density at radius 2 is 1.78 bits per heavy atom. The Kier molecular flexibility index (Phi) is 5.10. The average Bonchev–Trinajstić information content (AvgIpc) is 3.04. The summed E-state index contributed by atoms with van der Waals surface area (Å²) in [5.74, 6) is 0. The monoisotopic (exact) mass is 339 g/mol. The van der Waals surface area contributed by atoms with Crippen molar-refractivity contribution in [2.45, 2.75) is 4.90 Å². The molecule has 3 aromatic rings. The molecule has 0 atom stereocenters. The summed E-state index contributed by atoms with van der Waals surface area (Å²) in [5.41, 5.74) is 3.25. The minimum Gasteiger partial charge on any atom is -0.261 e. The van der Waals surface area contributed by atoms with Gasteiger partial charge in [0.05, 0.1) is 11.9 Å². The molecule has 0 aliphatic carbocycles. The number of thiazole rings is 1. The fourth-order valence-corrected chi connectivity index (χ4v) is 3.40. The van der Waals surface area contributed by atoms with E-state index in [9.17, 15) is 0 Å². The first-order chi connectivity index (χ1) is 11.3. The second-order valence-corrected chi connectivity index (χ2v) is 6.54. The van der Waals surface area contributed by atoms with E-state index < -0.39 is 0 Å². The predicted molar refractivity (Wildman–Crippen MR) is 100 cm³/mol. The highest BCUT2D eigenvalue weighted by atomic mass is 32.2. The third-order valence-corrected chi connectivity index (χ3v) is 5.04. The highest BCUT2D eigenvalue weighted by Gasteiger charge is 2.06. The standard InChI is InChI=1S/C18H17N3S2/c1-19-18-21(17(13-23-18)15-6-4-3-5-7-15)20-12-14-8-10-16(22-2)11-9-14/h3-13H,1-2H3/b19-18?,20-12-. The Bertz CT molecular complexity index is 859. The summed E-state index contributed by atoms with van der Waals surface area (Å²) in [6.07, 6.45) is 3.95. The van der Waals surface area contributed by atoms with Gasteiger partial charge in [-0.3, -0.25) is 4.99 Å². The van der Waals surface area contributed by atoms with Crippen LogP contribution in [-0.4, -0.2) is 24.2 Å². The van der Waals surface area contributed by atoms with Crippen LogP contribution >= 0.6 is 23.1 Å². The quantitative estimate of drug-likeness (QED) is 0.513. The van der Waals surface area contributed by atoms with Gasteiger partial charge >= 0.3 is 0 Å². The molecule has 0 radical (unpaired) electrons. The van der Waals surface area contributed by atoms with E-state index in [0.29, 0.717) is 0 Å². The summed E-state index contributed by atoms with van der Waals surface area (Å²) in [6.45, 7) is 0. The summed E-state index contributed by atoms with van der Waals surface area (Å²) < 4.78 is 1.89. The highest BCUT2D eigenvalue weighted by molar-refractivity contribution is 7.98. The van der Waals surface area contributed by atoms with Crippen LogP contribution in [0.5, 0.6) is 0 Å². The molecule has 0 unspecified atom stereocenters. The van der Waals surface area contributed by atoms with Crippen molar-refractivity contribution < 1.29 is 0 Å². The molecule has 0 saturated heterocycles. The molecule has 5 heteroatoms. The molecule has 1 heterocycles. The fourth-order valence-electron chi connectivity index (χ4n) is 2.18. The molecule has 3 nitrogen and oxygen atoms in total. The number of hydrogen-bond acceptors (Lipinski definition) is 4. The molecule has 0 spiro atoms. The topological polar surface area (TPSA) is 29.6 Å². The van der Waals surface area contributed by atoms with E-state index in [1.807, 2.05) is 29.1 Å². The smallest absolute Gasteiger partial charge is 0.205 e. The molecular weight excluding hydrogens is 322 g/mol. The predicted octanol–water partition coefficient (Wildman–Crippen LogP) is 4.35. The maximum absolute atomic E-state index is 4.64. The van der Waals surface area contributed by atoms with Crippen LogP contribution in [-0.2, 0) is 0 Å². The van der Waals surface area contributed by atoms with Crippen LogP contribution in [0, 0.1) is 0 Å². The van der Waals surface area contributed by atoms with Crippen molar-refractivity contribution in [3.05, 3.63) is 70.3 Å². The Morgan fingerprint density at radius 1 is 1.04 bits per heavy atom. The van der Waals surface area contributed by atoms with E-state index in [2.05, 4.69) is 58.1 Å². The van der Waals surface area contributed by atoms with Crippen LogP contribution in [0.3, 0.4) is 0 Å². The van der Waals surface area contributed by atoms with Crippen LogP contribution in [0.15, 0.2) is 75.0 Å². The van der Waals surface area contributed by atoms with Gasteiger partial charge in [0.1, 0.15) is 0 Å². The number of aromatic nitrogens is 1. The van der Waals surface area contributed by atoms with Crippen LogP contribution in [0.25, 0.3) is 11.3 Å². The van der Waals surface area contributed by atoms with E-state index in [1.54, 1.807) is 30.1 Å². The molecule has 0 fully saturated rings. The lowest BCUT2D eigenvalue weighted by molar-refractivity contribution is 0.848. The van der Waals surface area contributed by atoms with Crippen LogP contribution in [0.4, 0.5) is 0 Å². The summed E-state index contributed by atoms with van der Waals surface area (Å²) in [5, 5.41) is 6.73. The second kappa shape index (κ2) is 7.44. The van der Waals surface area contributed by atoms with Gasteiger partial charge < -0.3 is 0 Å². The number of benzene rings is 2. The first-order valence-corrected chi connectivity index (χ1v) is 9.29. The molecule has 3 rings (SSSR count). The summed E-state index contributed by atoms with van der Waals surface area (Å²) >= 11 is 3.33. The minimum atomic E-state index is 0.876. The molecule has 23 heavy (non-hydrogen) atoms. The molecule has 2 aromatic carbocycles. The zero-order valence-electron chi connectivity index (χ0n) is 13.0. The van der Waals surface area contributed by atoms with E-state index in [-0.39, 0.29) is 0 Å². The molecule has 0 bridgehead atoms. The highest BCUT2D eigenvalue weighted by Crippen LogP contribution is 2.19. The minimum absolute atomic E-state index is 0.876. The lowest BCUT2D eigenvalue weighted by Crippen LogP contribution is -2.11. The molecule has 116 valence electrons. The second-order valence-electron chi connectivity index (χ2n) is 4.82. The summed E-state index contributed by atoms with van der Waals surface area (Å²) in [4.78, 5) is 6.45. The molecule has 0 saturated carbocycles. The van der Waals surface area contributed by atoms with E-state index >= 15 is 0 Å². The molecule has 0 amide bonds. The summed E-state index contributed by atoms with van der Waals surface area (Å²) in [6, 6.07) is 18.6. The lowest BCUT2D eigenvalue weighted by Gasteiger charge is -2.03. The van der Waals surface area contributed by atoms with E-state index in [4.69, 9.17) is 0 Å². The molecular formula is C18H17N3S2. The number of hydrogen-bond donors (Lipinski definition) is 0. The normalized spacial score (nSPS) is 12.2. The van der Waals surface area contributed by atoms with Crippen molar-refractivity contribution in [1.82, 2.24) is 4.68 Å². The van der Waals surface area contributed by atoms with Crippen molar-refractivity contribution in [3.8, 4) is 11.3 Å². The maximum Gasteiger partial charge on any atom is 0.205 e. The maximum atomic E-state index is 4.64. The van der Waals surface area contributed by atoms with Crippen LogP contribution < -0.4 is 4.80 Å². The molecule has 0 aliphatic heterocycles. The van der Waals surface area contributed by atoms with Gasteiger partial charge in [0.25, 0.3) is 0 Å². The Hall–Kier alpha value is -2.11. The van der Waals surface area contributed by atoms with Crippen LogP contribution in [0.2, 0.25) is 0 Å². The lowest BCUT2D eigenvalue weighted by atomic mass is 10.2. The molecule has 0 aliphatic rings. The largest absolute Gasteiger partial charge is 0.261 e. The third kappa shape index (κ3) is 3.63. The van der Waals surface area contributed by atoms with Crippen molar-refractivity contribution in [3.63, 3.8) is 0 Å². The van der Waals surface area contributed by atoms with Crippen molar-refractivity contribution >= 4 is 29.3 Å². The summed E-state index contributed by atoms with van der Waals surface area (Å²) in [7, 11) is 1.79. The Balaban J connectivity index is 1.98. The fraction of sp³-hybridized carbons (Fsp3) is 0.111. The van der Waals surface area contributed by atoms with E-state index in [0.717, 1.165) is 21.6 Å². The third-order valence-electron chi connectivity index (χ3n) is 3.38. The Morgan fingerprint density at radius 3 is 2.43 bits per heavy atom. The average molecular weight is 339 g/mol. The van der Waals surface area contributed by atoms with Gasteiger partial charge in [-0.05, 0) is 24.0 Å². The van der Waals surface area contributed by atoms with Gasteiger partial charge in [-0.1, -0.05) is 42.5 Å². The SMILES string of the molecule is CN=c1scc(-c2ccccc2)n1/N=C\c1ccc(SC)cc1. The van der Waals surface area contributed by atoms with Gasteiger partial charge in [0, 0.05) is 22.9 Å².